The highest BCUT2D eigenvalue weighted by Crippen LogP contribution is 2.29. The van der Waals surface area contributed by atoms with Crippen molar-refractivity contribution in [2.24, 2.45) is 11.8 Å². The van der Waals surface area contributed by atoms with Crippen molar-refractivity contribution in [3.8, 4) is 0 Å². The van der Waals surface area contributed by atoms with Crippen molar-refractivity contribution in [3.05, 3.63) is 0 Å². The van der Waals surface area contributed by atoms with Crippen LogP contribution in [-0.2, 0) is 14.3 Å². The molecule has 7 nitrogen and oxygen atoms in total. The Bertz CT molecular complexity index is 529. The summed E-state index contributed by atoms with van der Waals surface area (Å²) >= 11 is 0. The summed E-state index contributed by atoms with van der Waals surface area (Å²) in [5.74, 6) is -1.89. The van der Waals surface area contributed by atoms with Crippen LogP contribution >= 0.6 is 0 Å². The van der Waals surface area contributed by atoms with Crippen LogP contribution in [0.4, 0.5) is 4.79 Å². The van der Waals surface area contributed by atoms with Gasteiger partial charge in [0.2, 0.25) is 5.91 Å². The topological polar surface area (TPSA) is 95.9 Å². The highest BCUT2D eigenvalue weighted by molar-refractivity contribution is 5.82. The minimum atomic E-state index is -0.926. The number of carbonyl (C=O) groups is 3. The summed E-state index contributed by atoms with van der Waals surface area (Å²) < 4.78 is 5.38. The molecule has 2 fully saturated rings. The number of nitrogens with one attached hydrogen (secondary N) is 1. The number of hydrogen-bond donors (Lipinski definition) is 2. The smallest absolute Gasteiger partial charge is 0.410 e. The third kappa shape index (κ3) is 7.03. The van der Waals surface area contributed by atoms with Gasteiger partial charge in [0.1, 0.15) is 5.60 Å². The molecule has 0 spiro atoms. The van der Waals surface area contributed by atoms with Gasteiger partial charge < -0.3 is 20.1 Å². The average Bonchev–Trinajstić information content (AvgIpc) is 2.59. The molecular weight excluding hydrogens is 348 g/mol. The maximum absolute atomic E-state index is 12.3. The van der Waals surface area contributed by atoms with Gasteiger partial charge in [0.15, 0.2) is 0 Å². The molecule has 1 heterocycles. The molecule has 1 saturated heterocycles. The van der Waals surface area contributed by atoms with Gasteiger partial charge in [-0.15, -0.1) is 0 Å². The van der Waals surface area contributed by atoms with E-state index in [0.29, 0.717) is 25.9 Å². The molecule has 1 atom stereocenters. The molecule has 0 aromatic rings. The molecule has 1 aliphatic carbocycles. The Morgan fingerprint density at radius 2 is 1.67 bits per heavy atom. The fourth-order valence-corrected chi connectivity index (χ4v) is 4.00. The minimum Gasteiger partial charge on any atom is -0.481 e. The second kappa shape index (κ2) is 9.42. The van der Waals surface area contributed by atoms with Gasteiger partial charge in [-0.25, -0.2) is 4.79 Å². The predicted octanol–water partition coefficient (Wildman–Crippen LogP) is 3.17. The second-order valence-electron chi connectivity index (χ2n) is 8.86. The molecule has 1 aliphatic heterocycles. The normalized spacial score (nSPS) is 20.8. The number of hydrogen-bond acceptors (Lipinski definition) is 4. The molecule has 7 heteroatoms. The van der Waals surface area contributed by atoms with E-state index in [9.17, 15) is 19.5 Å². The fraction of sp³-hybridized carbons (Fsp3) is 0.850. The maximum Gasteiger partial charge on any atom is 0.410 e. The van der Waals surface area contributed by atoms with Crippen molar-refractivity contribution >= 4 is 18.0 Å². The van der Waals surface area contributed by atoms with Gasteiger partial charge in [-0.2, -0.15) is 0 Å². The average molecular weight is 383 g/mol. The summed E-state index contributed by atoms with van der Waals surface area (Å²) in [5, 5.41) is 12.6. The summed E-state index contributed by atoms with van der Waals surface area (Å²) in [4.78, 5) is 37.9. The Kier molecular flexibility index (Phi) is 7.50. The number of carbonyl (C=O) groups excluding carboxylic acids is 2. The third-order valence-corrected chi connectivity index (χ3v) is 5.45. The van der Waals surface area contributed by atoms with Crippen molar-refractivity contribution in [3.63, 3.8) is 0 Å². The molecule has 2 rings (SSSR count). The highest BCUT2D eigenvalue weighted by atomic mass is 16.6. The van der Waals surface area contributed by atoms with Crippen molar-refractivity contribution in [1.29, 1.82) is 0 Å². The molecule has 0 aromatic heterocycles. The monoisotopic (exact) mass is 382 g/mol. The fourth-order valence-electron chi connectivity index (χ4n) is 4.00. The number of piperidine rings is 1. The van der Waals surface area contributed by atoms with Crippen LogP contribution in [0.2, 0.25) is 0 Å². The van der Waals surface area contributed by atoms with Gasteiger partial charge in [-0.05, 0) is 52.4 Å². The van der Waals surface area contributed by atoms with E-state index in [1.807, 2.05) is 20.8 Å². The van der Waals surface area contributed by atoms with Crippen LogP contribution in [0.3, 0.4) is 0 Å². The summed E-state index contributed by atoms with van der Waals surface area (Å²) in [7, 11) is 0. The standard InChI is InChI=1S/C20H34N2O5/c1-20(2,3)27-19(26)22-11-9-14(10-12-22)16(18(24)25)13-17(23)21-15-7-5-4-6-8-15/h14-16H,4-13H2,1-3H3,(H,21,23)(H,24,25). The number of ether oxygens (including phenoxy) is 1. The van der Waals surface area contributed by atoms with E-state index < -0.39 is 17.5 Å². The van der Waals surface area contributed by atoms with Crippen molar-refractivity contribution in [1.82, 2.24) is 10.2 Å². The van der Waals surface area contributed by atoms with Gasteiger partial charge >= 0.3 is 12.1 Å². The van der Waals surface area contributed by atoms with Crippen LogP contribution in [0.25, 0.3) is 0 Å². The number of likely N-dealkylation sites (tertiary alicyclic amines) is 1. The lowest BCUT2D eigenvalue weighted by atomic mass is 9.82. The SMILES string of the molecule is CC(C)(C)OC(=O)N1CCC(C(CC(=O)NC2CCCCC2)C(=O)O)CC1. The van der Waals surface area contributed by atoms with E-state index in [-0.39, 0.29) is 30.4 Å². The maximum atomic E-state index is 12.3. The minimum absolute atomic E-state index is 0.0168. The summed E-state index contributed by atoms with van der Waals surface area (Å²) in [6.07, 6.45) is 6.23. The zero-order chi connectivity index (χ0) is 20.0. The van der Waals surface area contributed by atoms with Crippen LogP contribution in [-0.4, -0.2) is 52.7 Å². The largest absolute Gasteiger partial charge is 0.481 e. The molecule has 2 amide bonds. The lowest BCUT2D eigenvalue weighted by Crippen LogP contribution is -2.45. The van der Waals surface area contributed by atoms with E-state index in [2.05, 4.69) is 5.32 Å². The summed E-state index contributed by atoms with van der Waals surface area (Å²) in [6.45, 7) is 6.40. The van der Waals surface area contributed by atoms with Crippen LogP contribution in [0.5, 0.6) is 0 Å². The number of carboxylic acids is 1. The number of aliphatic carboxylic acids is 1. The van der Waals surface area contributed by atoms with E-state index in [1.54, 1.807) is 4.90 Å². The first-order chi connectivity index (χ1) is 12.7. The van der Waals surface area contributed by atoms with E-state index in [1.165, 1.54) is 6.42 Å². The third-order valence-electron chi connectivity index (χ3n) is 5.45. The molecule has 0 radical (unpaired) electrons. The number of amides is 2. The summed E-state index contributed by atoms with van der Waals surface area (Å²) in [5.41, 5.74) is -0.547. The van der Waals surface area contributed by atoms with Gasteiger partial charge in [-0.3, -0.25) is 9.59 Å². The highest BCUT2D eigenvalue weighted by Gasteiger charge is 2.35. The van der Waals surface area contributed by atoms with Crippen LogP contribution in [0.15, 0.2) is 0 Å². The molecule has 2 aliphatic rings. The molecule has 0 aromatic carbocycles. The molecule has 1 saturated carbocycles. The van der Waals surface area contributed by atoms with Crippen molar-refractivity contribution in [2.45, 2.75) is 83.8 Å². The van der Waals surface area contributed by atoms with Gasteiger partial charge in [0.25, 0.3) is 0 Å². The molecule has 154 valence electrons. The molecular formula is C20H34N2O5. The first-order valence-electron chi connectivity index (χ1n) is 10.2. The molecule has 27 heavy (non-hydrogen) atoms. The van der Waals surface area contributed by atoms with Crippen LogP contribution in [0, 0.1) is 11.8 Å². The Balaban J connectivity index is 1.84. The molecule has 2 N–H and O–H groups in total. The first-order valence-corrected chi connectivity index (χ1v) is 10.2. The van der Waals surface area contributed by atoms with E-state index >= 15 is 0 Å². The molecule has 1 unspecified atom stereocenters. The Hall–Kier alpha value is -1.79. The van der Waals surface area contributed by atoms with Gasteiger partial charge in [0.05, 0.1) is 5.92 Å². The lowest BCUT2D eigenvalue weighted by molar-refractivity contribution is -0.147. The Morgan fingerprint density at radius 1 is 1.07 bits per heavy atom. The number of nitrogens with zero attached hydrogens (tertiary/aromatic N) is 1. The van der Waals surface area contributed by atoms with E-state index in [4.69, 9.17) is 4.74 Å². The molecule has 0 bridgehead atoms. The Labute approximate surface area is 161 Å². The number of carboxylic acid groups (broad SMARTS) is 1. The van der Waals surface area contributed by atoms with Crippen LogP contribution in [0.1, 0.15) is 72.1 Å². The van der Waals surface area contributed by atoms with Crippen LogP contribution < -0.4 is 5.32 Å². The van der Waals surface area contributed by atoms with Crippen molar-refractivity contribution < 1.29 is 24.2 Å². The predicted molar refractivity (Wildman–Crippen MR) is 101 cm³/mol. The van der Waals surface area contributed by atoms with E-state index in [0.717, 1.165) is 25.7 Å². The zero-order valence-corrected chi connectivity index (χ0v) is 16.8. The van der Waals surface area contributed by atoms with Gasteiger partial charge in [-0.1, -0.05) is 19.3 Å². The van der Waals surface area contributed by atoms with Gasteiger partial charge in [0, 0.05) is 25.6 Å². The quantitative estimate of drug-likeness (QED) is 0.761. The van der Waals surface area contributed by atoms with Crippen molar-refractivity contribution in [2.75, 3.05) is 13.1 Å². The summed E-state index contributed by atoms with van der Waals surface area (Å²) in [6, 6.07) is 0.190. The zero-order valence-electron chi connectivity index (χ0n) is 16.8. The lowest BCUT2D eigenvalue weighted by Gasteiger charge is -2.35. The number of rotatable bonds is 5. The second-order valence-corrected chi connectivity index (χ2v) is 8.86. The Morgan fingerprint density at radius 3 is 2.19 bits per heavy atom. The first kappa shape index (κ1) is 21.5.